The quantitative estimate of drug-likeness (QED) is 0.476. The average molecular weight is 541 g/mol. The number of carboxylic acid groups (broad SMARTS) is 1. The molecule has 1 atom stereocenters. The van der Waals surface area contributed by atoms with Gasteiger partial charge >= 0.3 is 6.09 Å². The van der Waals surface area contributed by atoms with E-state index in [1.54, 1.807) is 17.9 Å². The molecule has 1 saturated carbocycles. The third-order valence-corrected chi connectivity index (χ3v) is 7.99. The van der Waals surface area contributed by atoms with Gasteiger partial charge in [-0.25, -0.2) is 4.79 Å². The van der Waals surface area contributed by atoms with Crippen molar-refractivity contribution in [2.45, 2.75) is 77.4 Å². The van der Waals surface area contributed by atoms with Crippen LogP contribution in [-0.4, -0.2) is 83.3 Å². The highest BCUT2D eigenvalue weighted by Crippen LogP contribution is 2.37. The summed E-state index contributed by atoms with van der Waals surface area (Å²) in [4.78, 5) is 54.5. The third kappa shape index (κ3) is 4.87. The summed E-state index contributed by atoms with van der Waals surface area (Å²) in [5.41, 5.74) is -0.307. The average Bonchev–Trinajstić information content (AvgIpc) is 3.50. The Bertz CT molecular complexity index is 1420. The van der Waals surface area contributed by atoms with Gasteiger partial charge in [0.15, 0.2) is 5.56 Å². The molecule has 12 nitrogen and oxygen atoms in total. The van der Waals surface area contributed by atoms with E-state index in [9.17, 15) is 29.4 Å². The van der Waals surface area contributed by atoms with E-state index in [4.69, 9.17) is 0 Å². The number of fused-ring (bicyclic) bond motifs is 1. The normalized spacial score (nSPS) is 21.5. The molecule has 2 aromatic rings. The highest BCUT2D eigenvalue weighted by atomic mass is 16.4. The van der Waals surface area contributed by atoms with E-state index in [0.717, 1.165) is 36.6 Å². The Morgan fingerprint density at radius 1 is 1.18 bits per heavy atom. The first-order valence-corrected chi connectivity index (χ1v) is 13.7. The van der Waals surface area contributed by atoms with Gasteiger partial charge in [-0.15, -0.1) is 0 Å². The molecule has 2 aromatic heterocycles. The molecule has 12 heteroatoms. The summed E-state index contributed by atoms with van der Waals surface area (Å²) in [7, 11) is 0. The van der Waals surface area contributed by atoms with Gasteiger partial charge in [-0.3, -0.25) is 19.0 Å². The van der Waals surface area contributed by atoms with Crippen molar-refractivity contribution in [1.29, 1.82) is 0 Å². The van der Waals surface area contributed by atoms with Crippen molar-refractivity contribution in [2.24, 2.45) is 5.92 Å². The van der Waals surface area contributed by atoms with Gasteiger partial charge in [0.05, 0.1) is 11.2 Å². The summed E-state index contributed by atoms with van der Waals surface area (Å²) in [5.74, 6) is -1.21. The zero-order valence-corrected chi connectivity index (χ0v) is 22.6. The van der Waals surface area contributed by atoms with Gasteiger partial charge in [-0.2, -0.15) is 9.61 Å². The van der Waals surface area contributed by atoms with Crippen LogP contribution in [0.5, 0.6) is 5.88 Å². The number of carbonyl (C=O) groups is 3. The molecule has 3 amide bonds. The molecule has 3 fully saturated rings. The molecule has 3 N–H and O–H groups in total. The van der Waals surface area contributed by atoms with Crippen molar-refractivity contribution in [3.05, 3.63) is 33.3 Å². The largest absolute Gasteiger partial charge is 0.494 e. The SMILES string of the molecule is Cc1nn2c(=O)c(C(=O)NC3CC3)c(O)n(CC(C)C)c2c1/C=C/C(=O)N1CCCC12CCCN(C(=O)O)C2. The standard InChI is InChI=1S/C27H36N6O6/c1-16(2)14-31-23-19(17(3)29-33(23)25(37)21(24(31)36)22(35)28-18-6-7-18)8-9-20(34)32-13-5-11-27(32)10-4-12-30(15-27)26(38)39/h8-9,16,18,36H,4-7,10-15H2,1-3H3,(H,28,35)(H,38,39)/b9-8+. The minimum Gasteiger partial charge on any atom is -0.494 e. The zero-order valence-electron chi connectivity index (χ0n) is 22.6. The van der Waals surface area contributed by atoms with Crippen LogP contribution in [0.25, 0.3) is 11.7 Å². The van der Waals surface area contributed by atoms with Gasteiger partial charge in [0.1, 0.15) is 5.65 Å². The lowest BCUT2D eigenvalue weighted by Crippen LogP contribution is -2.58. The molecule has 0 aromatic carbocycles. The molecule has 5 rings (SSSR count). The van der Waals surface area contributed by atoms with Crippen molar-refractivity contribution in [3.63, 3.8) is 0 Å². The fourth-order valence-electron chi connectivity index (χ4n) is 6.01. The number of aromatic hydroxyl groups is 1. The monoisotopic (exact) mass is 540 g/mol. The molecule has 39 heavy (non-hydrogen) atoms. The molecular weight excluding hydrogens is 504 g/mol. The third-order valence-electron chi connectivity index (χ3n) is 7.99. The summed E-state index contributed by atoms with van der Waals surface area (Å²) in [6.07, 6.45) is 6.74. The van der Waals surface area contributed by atoms with Gasteiger partial charge in [0.25, 0.3) is 11.5 Å². The Hall–Kier alpha value is -3.83. The number of aryl methyl sites for hydroxylation is 1. The van der Waals surface area contributed by atoms with Crippen LogP contribution in [0.3, 0.4) is 0 Å². The number of piperidine rings is 1. The molecule has 1 spiro atoms. The van der Waals surface area contributed by atoms with E-state index in [2.05, 4.69) is 10.4 Å². The number of hydrogen-bond acceptors (Lipinski definition) is 6. The molecule has 0 bridgehead atoms. The second kappa shape index (κ2) is 10.0. The molecule has 4 heterocycles. The highest BCUT2D eigenvalue weighted by molar-refractivity contribution is 5.97. The molecule has 2 aliphatic heterocycles. The number of rotatable bonds is 6. The number of nitrogens with zero attached hydrogens (tertiary/aromatic N) is 5. The first-order chi connectivity index (χ1) is 18.5. The zero-order chi connectivity index (χ0) is 28.1. The lowest BCUT2D eigenvalue weighted by molar-refractivity contribution is -0.131. The van der Waals surface area contributed by atoms with E-state index < -0.39 is 29.0 Å². The predicted octanol–water partition coefficient (Wildman–Crippen LogP) is 2.21. The lowest BCUT2D eigenvalue weighted by Gasteiger charge is -2.44. The molecule has 1 unspecified atom stereocenters. The lowest BCUT2D eigenvalue weighted by atomic mass is 9.86. The number of nitrogens with one attached hydrogen (secondary N) is 1. The van der Waals surface area contributed by atoms with Crippen molar-refractivity contribution < 1.29 is 24.6 Å². The van der Waals surface area contributed by atoms with Crippen molar-refractivity contribution in [2.75, 3.05) is 19.6 Å². The fourth-order valence-corrected chi connectivity index (χ4v) is 6.01. The van der Waals surface area contributed by atoms with Crippen LogP contribution in [0.2, 0.25) is 0 Å². The second-order valence-electron chi connectivity index (χ2n) is 11.4. The van der Waals surface area contributed by atoms with Gasteiger partial charge in [0.2, 0.25) is 11.8 Å². The first kappa shape index (κ1) is 26.8. The first-order valence-electron chi connectivity index (χ1n) is 13.7. The van der Waals surface area contributed by atoms with E-state index in [0.29, 0.717) is 49.5 Å². The van der Waals surface area contributed by atoms with E-state index >= 15 is 0 Å². The summed E-state index contributed by atoms with van der Waals surface area (Å²) < 4.78 is 2.65. The van der Waals surface area contributed by atoms with Gasteiger partial charge in [-0.05, 0) is 57.4 Å². The number of amides is 3. The van der Waals surface area contributed by atoms with Crippen LogP contribution in [0.1, 0.15) is 74.0 Å². The van der Waals surface area contributed by atoms with Gasteiger partial charge < -0.3 is 25.3 Å². The van der Waals surface area contributed by atoms with Crippen molar-refractivity contribution >= 4 is 29.6 Å². The smallest absolute Gasteiger partial charge is 0.407 e. The molecule has 1 aliphatic carbocycles. The highest BCUT2D eigenvalue weighted by Gasteiger charge is 2.46. The molecule has 3 aliphatic rings. The Morgan fingerprint density at radius 3 is 2.51 bits per heavy atom. The van der Waals surface area contributed by atoms with E-state index in [-0.39, 0.29) is 23.4 Å². The maximum atomic E-state index is 13.5. The minimum absolute atomic E-state index is 0.00929. The summed E-state index contributed by atoms with van der Waals surface area (Å²) >= 11 is 0. The number of carbonyl (C=O) groups excluding carboxylic acids is 2. The van der Waals surface area contributed by atoms with Crippen LogP contribution in [0.4, 0.5) is 4.79 Å². The summed E-state index contributed by atoms with van der Waals surface area (Å²) in [5, 5.41) is 27.8. The molecule has 210 valence electrons. The maximum absolute atomic E-state index is 13.5. The Balaban J connectivity index is 1.52. The maximum Gasteiger partial charge on any atom is 0.407 e. The summed E-state index contributed by atoms with van der Waals surface area (Å²) in [6.45, 7) is 7.25. The van der Waals surface area contributed by atoms with Crippen LogP contribution in [0, 0.1) is 12.8 Å². The fraction of sp³-hybridized carbons (Fsp3) is 0.593. The van der Waals surface area contributed by atoms with Crippen molar-refractivity contribution in [1.82, 2.24) is 29.3 Å². The van der Waals surface area contributed by atoms with Gasteiger partial charge in [0, 0.05) is 43.9 Å². The Labute approximate surface area is 225 Å². The van der Waals surface area contributed by atoms with Gasteiger partial charge in [-0.1, -0.05) is 13.8 Å². The number of hydrogen-bond donors (Lipinski definition) is 3. The summed E-state index contributed by atoms with van der Waals surface area (Å²) in [6, 6.07) is 0.00929. The number of aromatic nitrogens is 3. The predicted molar refractivity (Wildman–Crippen MR) is 143 cm³/mol. The van der Waals surface area contributed by atoms with E-state index in [1.165, 1.54) is 15.5 Å². The van der Waals surface area contributed by atoms with Crippen molar-refractivity contribution in [3.8, 4) is 5.88 Å². The van der Waals surface area contributed by atoms with Crippen LogP contribution >= 0.6 is 0 Å². The molecular formula is C27H36N6O6. The molecule has 2 saturated heterocycles. The topological polar surface area (TPSA) is 149 Å². The Morgan fingerprint density at radius 2 is 1.87 bits per heavy atom. The van der Waals surface area contributed by atoms with Crippen LogP contribution in [-0.2, 0) is 11.3 Å². The second-order valence-corrected chi connectivity index (χ2v) is 11.4. The van der Waals surface area contributed by atoms with Crippen LogP contribution in [0.15, 0.2) is 10.9 Å². The molecule has 0 radical (unpaired) electrons. The van der Waals surface area contributed by atoms with Crippen LogP contribution < -0.4 is 10.9 Å². The Kier molecular flexibility index (Phi) is 6.90. The number of likely N-dealkylation sites (tertiary alicyclic amines) is 2. The minimum atomic E-state index is -0.973. The van der Waals surface area contributed by atoms with E-state index in [1.807, 2.05) is 13.8 Å².